The van der Waals surface area contributed by atoms with Gasteiger partial charge in [-0.2, -0.15) is 0 Å². The maximum atomic E-state index is 14.6. The summed E-state index contributed by atoms with van der Waals surface area (Å²) in [5, 5.41) is 97.2. The fourth-order valence-electron chi connectivity index (χ4n) is 11.1. The van der Waals surface area contributed by atoms with Gasteiger partial charge in [-0.15, -0.1) is 0 Å². The molecule has 13 amide bonds. The minimum atomic E-state index is -2.59. The summed E-state index contributed by atoms with van der Waals surface area (Å²) in [7, 11) is 1.11. The summed E-state index contributed by atoms with van der Waals surface area (Å²) in [6.45, 7) is 20.8. The van der Waals surface area contributed by atoms with Crippen LogP contribution in [0.3, 0.4) is 0 Å². The number of likely N-dealkylation sites (N-methyl/N-ethyl adjacent to an activating group) is 1. The highest BCUT2D eigenvalue weighted by Gasteiger charge is 2.47. The van der Waals surface area contributed by atoms with Gasteiger partial charge in [0.2, 0.25) is 76.8 Å². The van der Waals surface area contributed by atoms with Crippen LogP contribution in [0, 0.1) is 29.6 Å². The molecular weight excluding hydrogens is 1310 g/mol. The number of hydrogen-bond donors (Lipinski definition) is 19. The maximum Gasteiger partial charge on any atom is 0.328 e. The molecule has 35 heteroatoms. The van der Waals surface area contributed by atoms with E-state index in [2.05, 4.69) is 47.9 Å². The minimum Gasteiger partial charge on any atom is -0.480 e. The Balaban J connectivity index is 3.66. The molecule has 1 saturated heterocycles. The second-order valence-electron chi connectivity index (χ2n) is 27.7. The molecule has 0 aromatic carbocycles. The zero-order valence-corrected chi connectivity index (χ0v) is 60.4. The molecule has 0 saturated carbocycles. The molecule has 0 radical (unpaired) electrons. The van der Waals surface area contributed by atoms with Gasteiger partial charge in [-0.3, -0.25) is 62.3 Å². The van der Waals surface area contributed by atoms with Crippen LogP contribution in [0.25, 0.3) is 0 Å². The fourth-order valence-corrected chi connectivity index (χ4v) is 11.1. The predicted octanol–water partition coefficient (Wildman–Crippen LogP) is -5.02. The lowest BCUT2D eigenvalue weighted by atomic mass is 9.94. The standard InChI is InChI=1S/C65H116N14O21/c1-16-18-19-20-21-22-37(26-43(84)72-44(30(5)6)58(92)77-49(65(99)100)52(86)32(9)10)69-59(93)45(35(13)80)73-56(90)40(25-29(3)4)71-57(91)41-27-38(82)28-79(41)64(98)46(36(14)81)74-61(95)48(53(87)54(68)88)76-62(96)50(33(11)17-2)78(15)63(97)39(23-24-42(67)83)70-60(94)47(51(85)31(7)8)75-55(89)34(12)66/h29-41,44-53,80-82,85-87H,16-28,66H2,1-15H3,(H2,67,83)(H2,68,88)(H,69,93)(H,70,94)(H,71,91)(H,72,84)(H,73,90)(H,74,95)(H,75,89)(H,76,96)(H,77,92)(H,99,100)/t33-,34-,35+,36+,37+,38+,39-,40+,41-,44-,45-,46-,47+,48+,49+,50-,51-,52-,53+/m0/s1. The Morgan fingerprint density at radius 1 is 0.540 bits per heavy atom. The summed E-state index contributed by atoms with van der Waals surface area (Å²) in [5.74, 6) is -18.6. The quantitative estimate of drug-likeness (QED) is 0.0254. The van der Waals surface area contributed by atoms with E-state index in [1.807, 2.05) is 6.92 Å². The van der Waals surface area contributed by atoms with Crippen LogP contribution < -0.4 is 65.1 Å². The van der Waals surface area contributed by atoms with Gasteiger partial charge in [-0.25, -0.2) is 4.79 Å². The van der Waals surface area contributed by atoms with E-state index in [0.717, 1.165) is 43.0 Å². The highest BCUT2D eigenvalue weighted by molar-refractivity contribution is 6.01. The number of carboxylic acids is 1. The largest absolute Gasteiger partial charge is 0.480 e. The molecule has 1 rings (SSSR count). The molecule has 0 spiro atoms. The number of rotatable bonds is 45. The van der Waals surface area contributed by atoms with Crippen molar-refractivity contribution in [2.24, 2.45) is 46.8 Å². The van der Waals surface area contributed by atoms with Crippen LogP contribution in [0.2, 0.25) is 0 Å². The van der Waals surface area contributed by atoms with E-state index in [9.17, 15) is 103 Å². The average Bonchev–Trinajstić information content (AvgIpc) is 1.54. The molecule has 0 aromatic heterocycles. The van der Waals surface area contributed by atoms with Crippen molar-refractivity contribution in [2.75, 3.05) is 13.6 Å². The van der Waals surface area contributed by atoms with Crippen molar-refractivity contribution in [1.29, 1.82) is 0 Å². The summed E-state index contributed by atoms with van der Waals surface area (Å²) in [6, 6.07) is -19.5. The number of hydrogen-bond acceptors (Lipinski definition) is 21. The summed E-state index contributed by atoms with van der Waals surface area (Å²) in [4.78, 5) is 193. The molecule has 1 aliphatic heterocycles. The summed E-state index contributed by atoms with van der Waals surface area (Å²) >= 11 is 0. The molecule has 1 fully saturated rings. The molecule has 100 heavy (non-hydrogen) atoms. The number of amides is 13. The SMILES string of the molecule is CCCCCCC[C@H](CC(=O)N[C@H](C(=O)N[C@@H](C(=O)O)[C@@H](O)C(C)C)C(C)C)NC(=O)[C@@H](NC(=O)[C@@H](CC(C)C)NC(=O)[C@@H]1C[C@@H](O)CN1C(=O)[C@@H](NC(=O)[C@H](NC(=O)[C@H]([C@@H](C)CC)N(C)C(=O)[C@H](CCC(N)=O)NC(=O)[C@H](NC(=O)[C@H](C)N)[C@@H](O)C(C)C)[C@@H](O)C(N)=O)[C@@H](C)O)[C@@H](C)O. The normalized spacial score (nSPS) is 19.0. The number of carbonyl (C=O) groups excluding carboxylic acids is 13. The van der Waals surface area contributed by atoms with Crippen molar-refractivity contribution in [3.8, 4) is 0 Å². The van der Waals surface area contributed by atoms with Gasteiger partial charge in [0, 0.05) is 38.9 Å². The van der Waals surface area contributed by atoms with E-state index >= 15 is 0 Å². The second kappa shape index (κ2) is 43.2. The zero-order chi connectivity index (χ0) is 77.1. The van der Waals surface area contributed by atoms with E-state index in [1.165, 1.54) is 34.6 Å². The van der Waals surface area contributed by atoms with Crippen molar-refractivity contribution in [1.82, 2.24) is 57.7 Å². The Hall–Kier alpha value is -7.70. The maximum absolute atomic E-state index is 14.6. The third kappa shape index (κ3) is 28.7. The van der Waals surface area contributed by atoms with Crippen LogP contribution in [0.15, 0.2) is 0 Å². The first kappa shape index (κ1) is 90.3. The number of nitrogens with one attached hydrogen (secondary N) is 9. The van der Waals surface area contributed by atoms with Crippen LogP contribution in [-0.4, -0.2) is 251 Å². The molecule has 0 bridgehead atoms. The summed E-state index contributed by atoms with van der Waals surface area (Å²) in [6.07, 6.45) is -8.34. The number of aliphatic hydroxyl groups excluding tert-OH is 6. The van der Waals surface area contributed by atoms with Gasteiger partial charge in [0.15, 0.2) is 12.1 Å². The number of carbonyl (C=O) groups is 14. The minimum absolute atomic E-state index is 0.121. The zero-order valence-electron chi connectivity index (χ0n) is 60.4. The van der Waals surface area contributed by atoms with Gasteiger partial charge >= 0.3 is 5.97 Å². The van der Waals surface area contributed by atoms with Gasteiger partial charge in [-0.05, 0) is 69.6 Å². The molecule has 22 N–H and O–H groups in total. The van der Waals surface area contributed by atoms with E-state index < -0.39 is 248 Å². The molecule has 19 atom stereocenters. The molecule has 0 aliphatic carbocycles. The predicted molar refractivity (Wildman–Crippen MR) is 362 cm³/mol. The summed E-state index contributed by atoms with van der Waals surface area (Å²) in [5.41, 5.74) is 16.5. The smallest absolute Gasteiger partial charge is 0.328 e. The lowest BCUT2D eigenvalue weighted by Gasteiger charge is -2.36. The van der Waals surface area contributed by atoms with Crippen molar-refractivity contribution >= 4 is 82.8 Å². The Kier molecular flexibility index (Phi) is 39.0. The van der Waals surface area contributed by atoms with E-state index in [0.29, 0.717) is 12.8 Å². The van der Waals surface area contributed by atoms with Crippen LogP contribution in [0.5, 0.6) is 0 Å². The molecule has 1 heterocycles. The van der Waals surface area contributed by atoms with Gasteiger partial charge in [0.25, 0.3) is 0 Å². The summed E-state index contributed by atoms with van der Waals surface area (Å²) < 4.78 is 0. The van der Waals surface area contributed by atoms with Gasteiger partial charge in [0.05, 0.1) is 36.6 Å². The number of aliphatic hydroxyl groups is 6. The Morgan fingerprint density at radius 2 is 1.04 bits per heavy atom. The topological polar surface area (TPSA) is 573 Å². The number of β-amino-alcohol motifs (C(OH)–C–C–N with tert-alkyl or cyclic N) is 1. The number of primary amides is 2. The molecule has 1 aliphatic rings. The highest BCUT2D eigenvalue weighted by Crippen LogP contribution is 2.23. The third-order valence-corrected chi connectivity index (χ3v) is 17.3. The Labute approximate surface area is 584 Å². The van der Waals surface area contributed by atoms with Crippen molar-refractivity contribution in [3.05, 3.63) is 0 Å². The van der Waals surface area contributed by atoms with E-state index in [1.54, 1.807) is 48.5 Å². The van der Waals surface area contributed by atoms with Gasteiger partial charge < -0.3 is 111 Å². The number of aliphatic carboxylic acids is 1. The Morgan fingerprint density at radius 3 is 1.53 bits per heavy atom. The van der Waals surface area contributed by atoms with Crippen LogP contribution in [0.1, 0.15) is 174 Å². The lowest BCUT2D eigenvalue weighted by Crippen LogP contribution is -2.65. The van der Waals surface area contributed by atoms with Crippen LogP contribution in [-0.2, 0) is 67.1 Å². The van der Waals surface area contributed by atoms with Crippen LogP contribution in [0.4, 0.5) is 0 Å². The first-order valence-electron chi connectivity index (χ1n) is 34.3. The number of likely N-dealkylation sites (tertiary alicyclic amines) is 1. The monoisotopic (exact) mass is 1430 g/mol. The highest BCUT2D eigenvalue weighted by atomic mass is 16.4. The lowest BCUT2D eigenvalue weighted by molar-refractivity contribution is -0.148. The molecule has 572 valence electrons. The van der Waals surface area contributed by atoms with Gasteiger partial charge in [-0.1, -0.05) is 115 Å². The number of unbranched alkanes of at least 4 members (excludes halogenated alkanes) is 4. The molecular formula is C65H116N14O21. The average molecular weight is 1430 g/mol. The second-order valence-corrected chi connectivity index (χ2v) is 27.7. The first-order valence-corrected chi connectivity index (χ1v) is 34.3. The van der Waals surface area contributed by atoms with Crippen molar-refractivity contribution < 1.29 is 103 Å². The first-order chi connectivity index (χ1) is 46.4. The molecule has 0 unspecified atom stereocenters. The number of nitrogens with zero attached hydrogens (tertiary/aromatic N) is 2. The molecule has 35 nitrogen and oxygen atoms in total. The Bertz CT molecular complexity index is 2770. The fraction of sp³-hybridized carbons (Fsp3) is 0.785. The number of nitrogens with two attached hydrogens (primary N) is 3. The van der Waals surface area contributed by atoms with Crippen molar-refractivity contribution in [3.63, 3.8) is 0 Å². The van der Waals surface area contributed by atoms with E-state index in [-0.39, 0.29) is 25.2 Å². The van der Waals surface area contributed by atoms with Gasteiger partial charge in [0.1, 0.15) is 54.4 Å². The van der Waals surface area contributed by atoms with Crippen LogP contribution >= 0.6 is 0 Å². The number of carboxylic acid groups (broad SMARTS) is 1. The van der Waals surface area contributed by atoms with Crippen molar-refractivity contribution in [2.45, 2.75) is 283 Å². The third-order valence-electron chi connectivity index (χ3n) is 17.3. The van der Waals surface area contributed by atoms with E-state index in [4.69, 9.17) is 17.2 Å². The molecule has 0 aromatic rings.